The van der Waals surface area contributed by atoms with E-state index in [1.807, 2.05) is 47.6 Å². The van der Waals surface area contributed by atoms with Crippen LogP contribution in [-0.2, 0) is 7.05 Å². The van der Waals surface area contributed by atoms with Crippen LogP contribution in [-0.4, -0.2) is 30.7 Å². The largest absolute Gasteiger partial charge is 0.384 e. The summed E-state index contributed by atoms with van der Waals surface area (Å²) >= 11 is 2.00. The highest BCUT2D eigenvalue weighted by molar-refractivity contribution is 7.99. The Kier molecular flexibility index (Phi) is 4.12. The highest BCUT2D eigenvalue weighted by Gasteiger charge is 2.21. The van der Waals surface area contributed by atoms with E-state index in [1.54, 1.807) is 16.8 Å². The third-order valence-corrected chi connectivity index (χ3v) is 6.62. The molecule has 4 heterocycles. The first-order valence-corrected chi connectivity index (χ1v) is 10.6. The standard InChI is InChI=1S/C21H21N5OS/c1-25-20-11-17(13-6-8-28-9-7-13)24-26(20)18-10-14(2-4-16(18)21(25)27)15-3-5-19(22)23-12-15/h2-5,10-13H,6-9H2,1H3,(H2,22,23). The summed E-state index contributed by atoms with van der Waals surface area (Å²) in [5, 5.41) is 5.59. The van der Waals surface area contributed by atoms with Crippen molar-refractivity contribution in [3.8, 4) is 11.1 Å². The van der Waals surface area contributed by atoms with Crippen molar-refractivity contribution in [2.24, 2.45) is 7.05 Å². The number of benzene rings is 1. The fraction of sp³-hybridized carbons (Fsp3) is 0.286. The zero-order valence-corrected chi connectivity index (χ0v) is 16.4. The fourth-order valence-electron chi connectivity index (χ4n) is 3.93. The number of nitrogens with zero attached hydrogens (tertiary/aromatic N) is 4. The van der Waals surface area contributed by atoms with Crippen LogP contribution in [0.25, 0.3) is 27.7 Å². The first kappa shape index (κ1) is 17.3. The summed E-state index contributed by atoms with van der Waals surface area (Å²) in [5.41, 5.74) is 10.4. The third kappa shape index (κ3) is 2.77. The van der Waals surface area contributed by atoms with Crippen molar-refractivity contribution >= 4 is 34.1 Å². The Morgan fingerprint density at radius 3 is 2.64 bits per heavy atom. The van der Waals surface area contributed by atoms with E-state index in [0.717, 1.165) is 40.8 Å². The van der Waals surface area contributed by atoms with E-state index in [-0.39, 0.29) is 5.56 Å². The van der Waals surface area contributed by atoms with Gasteiger partial charge in [0, 0.05) is 30.8 Å². The average molecular weight is 392 g/mol. The van der Waals surface area contributed by atoms with Crippen LogP contribution in [0, 0.1) is 0 Å². The minimum atomic E-state index is -0.00451. The smallest absolute Gasteiger partial charge is 0.261 e. The van der Waals surface area contributed by atoms with Crippen LogP contribution >= 0.6 is 11.8 Å². The Morgan fingerprint density at radius 1 is 1.11 bits per heavy atom. The van der Waals surface area contributed by atoms with Gasteiger partial charge in [-0.3, -0.25) is 9.36 Å². The second-order valence-corrected chi connectivity index (χ2v) is 8.52. The van der Waals surface area contributed by atoms with Gasteiger partial charge in [-0.05, 0) is 54.2 Å². The van der Waals surface area contributed by atoms with Gasteiger partial charge in [0.05, 0.1) is 16.6 Å². The van der Waals surface area contributed by atoms with Crippen LogP contribution in [0.1, 0.15) is 24.5 Å². The maximum Gasteiger partial charge on any atom is 0.261 e. The number of rotatable bonds is 2. The molecule has 5 rings (SSSR count). The van der Waals surface area contributed by atoms with Crippen molar-refractivity contribution in [3.63, 3.8) is 0 Å². The van der Waals surface area contributed by atoms with Gasteiger partial charge in [0.1, 0.15) is 11.5 Å². The Hall–Kier alpha value is -2.80. The van der Waals surface area contributed by atoms with E-state index in [2.05, 4.69) is 11.1 Å². The molecule has 1 saturated heterocycles. The summed E-state index contributed by atoms with van der Waals surface area (Å²) in [7, 11) is 1.82. The highest BCUT2D eigenvalue weighted by atomic mass is 32.2. The molecule has 7 heteroatoms. The van der Waals surface area contributed by atoms with Crippen molar-refractivity contribution < 1.29 is 0 Å². The highest BCUT2D eigenvalue weighted by Crippen LogP contribution is 2.32. The molecule has 0 amide bonds. The summed E-state index contributed by atoms with van der Waals surface area (Å²) in [6.07, 6.45) is 4.04. The number of nitrogen functional groups attached to an aromatic ring is 1. The van der Waals surface area contributed by atoms with Crippen LogP contribution in [0.2, 0.25) is 0 Å². The molecule has 2 N–H and O–H groups in total. The Bertz CT molecular complexity index is 1240. The molecule has 1 aliphatic rings. The van der Waals surface area contributed by atoms with E-state index in [0.29, 0.717) is 17.1 Å². The quantitative estimate of drug-likeness (QED) is 0.566. The summed E-state index contributed by atoms with van der Waals surface area (Å²) in [6, 6.07) is 11.7. The lowest BCUT2D eigenvalue weighted by molar-refractivity contribution is 0.614. The molecule has 0 unspecified atom stereocenters. The number of anilines is 1. The van der Waals surface area contributed by atoms with Gasteiger partial charge in [0.25, 0.3) is 5.56 Å². The lowest BCUT2D eigenvalue weighted by atomic mass is 9.99. The van der Waals surface area contributed by atoms with Crippen molar-refractivity contribution in [2.45, 2.75) is 18.8 Å². The van der Waals surface area contributed by atoms with E-state index in [4.69, 9.17) is 10.8 Å². The van der Waals surface area contributed by atoms with Crippen LogP contribution in [0.3, 0.4) is 0 Å². The SMILES string of the molecule is Cn1c(=O)c2ccc(-c3ccc(N)nc3)cc2n2nc(C3CCSCC3)cc12. The van der Waals surface area contributed by atoms with Gasteiger partial charge < -0.3 is 5.73 Å². The number of nitrogens with two attached hydrogens (primary N) is 1. The minimum absolute atomic E-state index is 0.00451. The lowest BCUT2D eigenvalue weighted by Crippen LogP contribution is -2.19. The van der Waals surface area contributed by atoms with Crippen LogP contribution < -0.4 is 11.3 Å². The molecule has 0 aliphatic carbocycles. The minimum Gasteiger partial charge on any atom is -0.384 e. The van der Waals surface area contributed by atoms with E-state index < -0.39 is 0 Å². The van der Waals surface area contributed by atoms with Gasteiger partial charge in [-0.25, -0.2) is 9.50 Å². The number of hydrogen-bond donors (Lipinski definition) is 1. The molecule has 0 atom stereocenters. The third-order valence-electron chi connectivity index (χ3n) is 5.57. The van der Waals surface area contributed by atoms with Gasteiger partial charge in [0.2, 0.25) is 0 Å². The predicted molar refractivity (Wildman–Crippen MR) is 115 cm³/mol. The molecule has 28 heavy (non-hydrogen) atoms. The van der Waals surface area contributed by atoms with Gasteiger partial charge in [0.15, 0.2) is 0 Å². The van der Waals surface area contributed by atoms with Crippen LogP contribution in [0.5, 0.6) is 0 Å². The van der Waals surface area contributed by atoms with Crippen LogP contribution in [0.15, 0.2) is 47.4 Å². The fourth-order valence-corrected chi connectivity index (χ4v) is 5.03. The molecule has 1 fully saturated rings. The van der Waals surface area contributed by atoms with Crippen LogP contribution in [0.4, 0.5) is 5.82 Å². The van der Waals surface area contributed by atoms with Crippen molar-refractivity contribution in [2.75, 3.05) is 17.2 Å². The molecule has 1 aliphatic heterocycles. The zero-order valence-electron chi connectivity index (χ0n) is 15.6. The summed E-state index contributed by atoms with van der Waals surface area (Å²) in [5.74, 6) is 3.30. The van der Waals surface area contributed by atoms with Gasteiger partial charge >= 0.3 is 0 Å². The normalized spacial score (nSPS) is 15.5. The van der Waals surface area contributed by atoms with Crippen molar-refractivity contribution in [1.29, 1.82) is 0 Å². The van der Waals surface area contributed by atoms with Gasteiger partial charge in [-0.2, -0.15) is 16.9 Å². The number of pyridine rings is 1. The molecule has 0 radical (unpaired) electrons. The van der Waals surface area contributed by atoms with Crippen molar-refractivity contribution in [1.82, 2.24) is 19.2 Å². The Labute approximate surface area is 166 Å². The number of thioether (sulfide) groups is 1. The molecule has 0 saturated carbocycles. The molecule has 142 valence electrons. The second-order valence-electron chi connectivity index (χ2n) is 7.29. The molecular formula is C21H21N5OS. The first-order chi connectivity index (χ1) is 13.6. The van der Waals surface area contributed by atoms with E-state index >= 15 is 0 Å². The van der Waals surface area contributed by atoms with Gasteiger partial charge in [-0.15, -0.1) is 0 Å². The van der Waals surface area contributed by atoms with Gasteiger partial charge in [-0.1, -0.05) is 6.07 Å². The molecule has 0 spiro atoms. The number of aromatic nitrogens is 4. The average Bonchev–Trinajstić information content (AvgIpc) is 3.19. The number of fused-ring (bicyclic) bond motifs is 3. The Morgan fingerprint density at radius 2 is 1.89 bits per heavy atom. The summed E-state index contributed by atoms with van der Waals surface area (Å²) < 4.78 is 3.61. The molecular weight excluding hydrogens is 370 g/mol. The molecule has 3 aromatic heterocycles. The second kappa shape index (κ2) is 6.67. The summed E-state index contributed by atoms with van der Waals surface area (Å²) in [4.78, 5) is 17.1. The number of hydrogen-bond acceptors (Lipinski definition) is 5. The topological polar surface area (TPSA) is 78.2 Å². The first-order valence-electron chi connectivity index (χ1n) is 9.44. The maximum atomic E-state index is 12.9. The monoisotopic (exact) mass is 391 g/mol. The molecule has 0 bridgehead atoms. The predicted octanol–water partition coefficient (Wildman–Crippen LogP) is 3.44. The van der Waals surface area contributed by atoms with E-state index in [1.165, 1.54) is 11.5 Å². The summed E-state index contributed by atoms with van der Waals surface area (Å²) in [6.45, 7) is 0. The zero-order chi connectivity index (χ0) is 19.3. The molecule has 1 aromatic carbocycles. The molecule has 4 aromatic rings. The Balaban J connectivity index is 1.73. The molecule has 6 nitrogen and oxygen atoms in total. The maximum absolute atomic E-state index is 12.9. The van der Waals surface area contributed by atoms with E-state index in [9.17, 15) is 4.79 Å². The van der Waals surface area contributed by atoms with Crippen molar-refractivity contribution in [3.05, 3.63) is 58.6 Å². The lowest BCUT2D eigenvalue weighted by Gasteiger charge is -2.18. The number of aryl methyl sites for hydroxylation is 1.